The molecule has 0 radical (unpaired) electrons. The van der Waals surface area contributed by atoms with Crippen LogP contribution >= 0.6 is 0 Å². The zero-order valence-electron chi connectivity index (χ0n) is 13.0. The van der Waals surface area contributed by atoms with Crippen molar-refractivity contribution < 1.29 is 0 Å². The molecule has 3 rings (SSSR count). The fourth-order valence-electron chi connectivity index (χ4n) is 2.60. The molecule has 0 atom stereocenters. The highest BCUT2D eigenvalue weighted by atomic mass is 15.4. The molecule has 2 aromatic carbocycles. The van der Waals surface area contributed by atoms with Gasteiger partial charge in [0.2, 0.25) is 0 Å². The average Bonchev–Trinajstić information content (AvgIpc) is 2.93. The number of nitrogens with two attached hydrogens (primary N) is 1. The highest BCUT2D eigenvalue weighted by molar-refractivity contribution is 5.44. The first kappa shape index (κ1) is 14.5. The third-order valence-electron chi connectivity index (χ3n) is 3.84. The van der Waals surface area contributed by atoms with E-state index in [0.717, 1.165) is 23.5 Å². The van der Waals surface area contributed by atoms with Gasteiger partial charge in [0.15, 0.2) is 0 Å². The van der Waals surface area contributed by atoms with Gasteiger partial charge in [-0.25, -0.2) is 4.68 Å². The van der Waals surface area contributed by atoms with Crippen LogP contribution in [0.1, 0.15) is 28.1 Å². The van der Waals surface area contributed by atoms with Crippen molar-refractivity contribution in [3.05, 3.63) is 76.6 Å². The smallest absolute Gasteiger partial charge is 0.100 e. The van der Waals surface area contributed by atoms with E-state index in [1.165, 1.54) is 16.7 Å². The predicted molar refractivity (Wildman–Crippen MR) is 88.0 cm³/mol. The molecule has 0 saturated carbocycles. The van der Waals surface area contributed by atoms with E-state index in [2.05, 4.69) is 54.5 Å². The molecule has 4 heteroatoms. The summed E-state index contributed by atoms with van der Waals surface area (Å²) in [6, 6.07) is 16.7. The Bertz CT molecular complexity index is 775. The van der Waals surface area contributed by atoms with Gasteiger partial charge in [-0.1, -0.05) is 47.7 Å². The zero-order chi connectivity index (χ0) is 15.5. The maximum Gasteiger partial charge on any atom is 0.100 e. The molecule has 4 nitrogen and oxygen atoms in total. The monoisotopic (exact) mass is 292 g/mol. The fraction of sp³-hybridized carbons (Fsp3) is 0.222. The first-order chi connectivity index (χ1) is 10.7. The Morgan fingerprint density at radius 1 is 1.05 bits per heavy atom. The molecular formula is C18H20N4. The van der Waals surface area contributed by atoms with E-state index in [4.69, 9.17) is 5.73 Å². The topological polar surface area (TPSA) is 56.7 Å². The summed E-state index contributed by atoms with van der Waals surface area (Å²) in [4.78, 5) is 0. The van der Waals surface area contributed by atoms with Gasteiger partial charge in [0, 0.05) is 13.0 Å². The molecule has 112 valence electrons. The van der Waals surface area contributed by atoms with Crippen molar-refractivity contribution in [2.75, 3.05) is 0 Å². The summed E-state index contributed by atoms with van der Waals surface area (Å²) < 4.78 is 1.93. The molecule has 0 amide bonds. The van der Waals surface area contributed by atoms with Crippen molar-refractivity contribution in [2.45, 2.75) is 26.8 Å². The highest BCUT2D eigenvalue weighted by Gasteiger charge is 2.15. The minimum absolute atomic E-state index is 0.396. The van der Waals surface area contributed by atoms with Crippen molar-refractivity contribution in [2.24, 2.45) is 5.73 Å². The summed E-state index contributed by atoms with van der Waals surface area (Å²) >= 11 is 0. The molecular weight excluding hydrogens is 272 g/mol. The molecule has 1 aromatic heterocycles. The van der Waals surface area contributed by atoms with Crippen LogP contribution in [0.3, 0.4) is 0 Å². The summed E-state index contributed by atoms with van der Waals surface area (Å²) in [5.74, 6) is 0. The third kappa shape index (κ3) is 2.78. The molecule has 0 saturated heterocycles. The molecule has 0 spiro atoms. The predicted octanol–water partition coefficient (Wildman–Crippen LogP) is 2.93. The number of hydrogen-bond donors (Lipinski definition) is 1. The summed E-state index contributed by atoms with van der Waals surface area (Å²) in [5, 5.41) is 8.61. The quantitative estimate of drug-likeness (QED) is 0.804. The van der Waals surface area contributed by atoms with E-state index >= 15 is 0 Å². The summed E-state index contributed by atoms with van der Waals surface area (Å²) in [6.45, 7) is 4.57. The van der Waals surface area contributed by atoms with Crippen molar-refractivity contribution in [1.29, 1.82) is 0 Å². The summed E-state index contributed by atoms with van der Waals surface area (Å²) in [6.07, 6.45) is 0.772. The van der Waals surface area contributed by atoms with Crippen LogP contribution in [0.2, 0.25) is 0 Å². The number of rotatable bonds is 4. The van der Waals surface area contributed by atoms with E-state index in [1.54, 1.807) is 0 Å². The van der Waals surface area contributed by atoms with Gasteiger partial charge in [-0.3, -0.25) is 0 Å². The molecule has 0 fully saturated rings. The van der Waals surface area contributed by atoms with Gasteiger partial charge in [0.05, 0.1) is 11.4 Å². The first-order valence-corrected chi connectivity index (χ1v) is 7.44. The zero-order valence-corrected chi connectivity index (χ0v) is 13.0. The maximum absolute atomic E-state index is 5.85. The van der Waals surface area contributed by atoms with Gasteiger partial charge in [0.25, 0.3) is 0 Å². The van der Waals surface area contributed by atoms with Crippen LogP contribution in [0, 0.1) is 13.8 Å². The van der Waals surface area contributed by atoms with Gasteiger partial charge < -0.3 is 5.73 Å². The second-order valence-corrected chi connectivity index (χ2v) is 5.55. The normalized spacial score (nSPS) is 10.9. The molecule has 1 heterocycles. The molecule has 0 aliphatic carbocycles. The van der Waals surface area contributed by atoms with Gasteiger partial charge in [-0.05, 0) is 36.6 Å². The van der Waals surface area contributed by atoms with Crippen LogP contribution < -0.4 is 5.73 Å². The Morgan fingerprint density at radius 2 is 1.82 bits per heavy atom. The Kier molecular flexibility index (Phi) is 4.02. The van der Waals surface area contributed by atoms with E-state index < -0.39 is 0 Å². The van der Waals surface area contributed by atoms with Crippen LogP contribution in [0.4, 0.5) is 0 Å². The van der Waals surface area contributed by atoms with Crippen molar-refractivity contribution in [3.8, 4) is 5.69 Å². The van der Waals surface area contributed by atoms with E-state index in [1.807, 2.05) is 22.9 Å². The maximum atomic E-state index is 5.85. The molecule has 0 unspecified atom stereocenters. The standard InChI is InChI=1S/C18H20N4/c1-13-8-9-14(2)17(10-13)22-18(16(12-19)20-21-22)11-15-6-4-3-5-7-15/h3-10H,11-12,19H2,1-2H3. The Balaban J connectivity index is 2.09. The van der Waals surface area contributed by atoms with Crippen molar-refractivity contribution >= 4 is 0 Å². The average molecular weight is 292 g/mol. The largest absolute Gasteiger partial charge is 0.325 e. The van der Waals surface area contributed by atoms with Crippen molar-refractivity contribution in [3.63, 3.8) is 0 Å². The van der Waals surface area contributed by atoms with Crippen LogP contribution in [-0.4, -0.2) is 15.0 Å². The van der Waals surface area contributed by atoms with Gasteiger partial charge in [-0.2, -0.15) is 0 Å². The lowest BCUT2D eigenvalue weighted by Crippen LogP contribution is -2.08. The SMILES string of the molecule is Cc1ccc(C)c(-n2nnc(CN)c2Cc2ccccc2)c1. The van der Waals surface area contributed by atoms with Crippen LogP contribution in [0.25, 0.3) is 5.69 Å². The number of benzene rings is 2. The summed E-state index contributed by atoms with van der Waals surface area (Å²) in [7, 11) is 0. The molecule has 0 aliphatic heterocycles. The summed E-state index contributed by atoms with van der Waals surface area (Å²) in [5.41, 5.74) is 12.4. The van der Waals surface area contributed by atoms with Gasteiger partial charge in [0.1, 0.15) is 5.69 Å². The molecule has 0 bridgehead atoms. The Labute approximate surface area is 130 Å². The molecule has 2 N–H and O–H groups in total. The number of aryl methyl sites for hydroxylation is 2. The first-order valence-electron chi connectivity index (χ1n) is 7.44. The Morgan fingerprint density at radius 3 is 2.55 bits per heavy atom. The van der Waals surface area contributed by atoms with Crippen LogP contribution in [0.5, 0.6) is 0 Å². The minimum Gasteiger partial charge on any atom is -0.325 e. The highest BCUT2D eigenvalue weighted by Crippen LogP contribution is 2.20. The minimum atomic E-state index is 0.396. The van der Waals surface area contributed by atoms with E-state index in [0.29, 0.717) is 6.54 Å². The Hall–Kier alpha value is -2.46. The lowest BCUT2D eigenvalue weighted by molar-refractivity contribution is 0.767. The van der Waals surface area contributed by atoms with Gasteiger partial charge in [-0.15, -0.1) is 5.10 Å². The lowest BCUT2D eigenvalue weighted by Gasteiger charge is -2.11. The fourth-order valence-corrected chi connectivity index (χ4v) is 2.60. The van der Waals surface area contributed by atoms with Crippen molar-refractivity contribution in [1.82, 2.24) is 15.0 Å². The van der Waals surface area contributed by atoms with Crippen LogP contribution in [0.15, 0.2) is 48.5 Å². The van der Waals surface area contributed by atoms with Crippen LogP contribution in [-0.2, 0) is 13.0 Å². The lowest BCUT2D eigenvalue weighted by atomic mass is 10.1. The number of aromatic nitrogens is 3. The molecule has 3 aromatic rings. The molecule has 0 aliphatic rings. The van der Waals surface area contributed by atoms with E-state index in [9.17, 15) is 0 Å². The van der Waals surface area contributed by atoms with Gasteiger partial charge >= 0.3 is 0 Å². The second kappa shape index (κ2) is 6.12. The van der Waals surface area contributed by atoms with E-state index in [-0.39, 0.29) is 0 Å². The molecule has 22 heavy (non-hydrogen) atoms. The number of nitrogens with zero attached hydrogens (tertiary/aromatic N) is 3. The second-order valence-electron chi connectivity index (χ2n) is 5.55. The number of hydrogen-bond acceptors (Lipinski definition) is 3. The third-order valence-corrected chi connectivity index (χ3v) is 3.84.